The van der Waals surface area contributed by atoms with E-state index in [1.807, 2.05) is 0 Å². The van der Waals surface area contributed by atoms with Crippen LogP contribution in [0.4, 0.5) is 0 Å². The molecule has 26 heavy (non-hydrogen) atoms. The van der Waals surface area contributed by atoms with Gasteiger partial charge in [0.2, 0.25) is 0 Å². The number of rotatable bonds is 17. The minimum Gasteiger partial charge on any atom is -0.379 e. The fourth-order valence-electron chi connectivity index (χ4n) is 3.73. The van der Waals surface area contributed by atoms with Gasteiger partial charge in [0.15, 0.2) is 0 Å². The molecule has 4 heteroatoms. The third-order valence-electron chi connectivity index (χ3n) is 6.04. The van der Waals surface area contributed by atoms with Gasteiger partial charge in [-0.25, -0.2) is 0 Å². The quantitative estimate of drug-likeness (QED) is 0.338. The molecule has 0 amide bonds. The Hall–Kier alpha value is -0.160. The van der Waals surface area contributed by atoms with Crippen LogP contribution in [0.2, 0.25) is 0 Å². The summed E-state index contributed by atoms with van der Waals surface area (Å²) in [5, 5.41) is 0. The molecule has 2 saturated heterocycles. The van der Waals surface area contributed by atoms with E-state index in [0.717, 1.165) is 51.5 Å². The first kappa shape index (κ1) is 22.1. The third-order valence-corrected chi connectivity index (χ3v) is 6.04. The Morgan fingerprint density at radius 2 is 1.00 bits per heavy atom. The predicted molar refractivity (Wildman–Crippen MR) is 106 cm³/mol. The molecule has 0 bridgehead atoms. The molecule has 2 aliphatic rings. The number of unbranched alkanes of at least 4 members (excludes halogenated alkanes) is 7. The molecule has 0 spiro atoms. The maximum Gasteiger partial charge on any atom is 0.0858 e. The van der Waals surface area contributed by atoms with Crippen molar-refractivity contribution >= 4 is 0 Å². The zero-order valence-electron chi connectivity index (χ0n) is 17.3. The van der Waals surface area contributed by atoms with Crippen molar-refractivity contribution in [3.63, 3.8) is 0 Å². The maximum atomic E-state index is 5.75. The Bertz CT molecular complexity index is 300. The molecule has 2 rings (SSSR count). The largest absolute Gasteiger partial charge is 0.379 e. The molecule has 0 aromatic heterocycles. The van der Waals surface area contributed by atoms with Crippen LogP contribution in [0.1, 0.15) is 78.1 Å². The summed E-state index contributed by atoms with van der Waals surface area (Å²) in [7, 11) is 0. The molecular formula is C22H42O4. The molecule has 4 atom stereocenters. The van der Waals surface area contributed by atoms with Crippen molar-refractivity contribution in [1.82, 2.24) is 0 Å². The highest BCUT2D eigenvalue weighted by molar-refractivity contribution is 4.77. The van der Waals surface area contributed by atoms with Crippen molar-refractivity contribution in [3.8, 4) is 0 Å². The first-order valence-electron chi connectivity index (χ1n) is 11.2. The van der Waals surface area contributed by atoms with E-state index in [-0.39, 0.29) is 0 Å². The van der Waals surface area contributed by atoms with Crippen LogP contribution in [-0.2, 0) is 18.9 Å². The zero-order chi connectivity index (χ0) is 18.5. The molecule has 154 valence electrons. The summed E-state index contributed by atoms with van der Waals surface area (Å²) in [6.07, 6.45) is 13.6. The van der Waals surface area contributed by atoms with E-state index in [4.69, 9.17) is 18.9 Å². The van der Waals surface area contributed by atoms with Gasteiger partial charge in [-0.3, -0.25) is 0 Å². The molecule has 0 aliphatic carbocycles. The number of hydrogen-bond acceptors (Lipinski definition) is 4. The van der Waals surface area contributed by atoms with Crippen LogP contribution in [0.15, 0.2) is 0 Å². The lowest BCUT2D eigenvalue weighted by Gasteiger charge is -2.35. The molecule has 0 N–H and O–H groups in total. The van der Waals surface area contributed by atoms with E-state index in [1.165, 1.54) is 64.2 Å². The average molecular weight is 371 g/mol. The first-order valence-corrected chi connectivity index (χ1v) is 11.2. The number of hydrogen-bond donors (Lipinski definition) is 0. The van der Waals surface area contributed by atoms with E-state index in [0.29, 0.717) is 12.2 Å². The van der Waals surface area contributed by atoms with E-state index < -0.39 is 0 Å². The monoisotopic (exact) mass is 370 g/mol. The molecule has 2 fully saturated rings. The van der Waals surface area contributed by atoms with Crippen LogP contribution in [0, 0.1) is 11.8 Å². The molecule has 2 aliphatic heterocycles. The summed E-state index contributed by atoms with van der Waals surface area (Å²) in [5.41, 5.74) is 0. The fraction of sp³-hybridized carbons (Fsp3) is 1.00. The summed E-state index contributed by atoms with van der Waals surface area (Å²) in [5.74, 6) is 1.47. The lowest BCUT2D eigenvalue weighted by Crippen LogP contribution is -2.42. The summed E-state index contributed by atoms with van der Waals surface area (Å²) < 4.78 is 22.6. The average Bonchev–Trinajstić information content (AvgIpc) is 2.60. The van der Waals surface area contributed by atoms with E-state index in [1.54, 1.807) is 0 Å². The summed E-state index contributed by atoms with van der Waals surface area (Å²) in [4.78, 5) is 0. The Morgan fingerprint density at radius 1 is 0.615 bits per heavy atom. The highest BCUT2D eigenvalue weighted by Crippen LogP contribution is 2.24. The number of ether oxygens (including phenoxy) is 4. The standard InChI is InChI=1S/C22H42O4/c1-3-19-15-25-21(19)17-23-13-11-9-7-5-6-8-10-12-14-24-18-22-20(4-2)16-26-22/h19-22H,3-18H2,1-2H3. The van der Waals surface area contributed by atoms with Gasteiger partial charge in [-0.15, -0.1) is 0 Å². The van der Waals surface area contributed by atoms with Crippen molar-refractivity contribution in [1.29, 1.82) is 0 Å². The zero-order valence-corrected chi connectivity index (χ0v) is 17.3. The van der Waals surface area contributed by atoms with Crippen molar-refractivity contribution < 1.29 is 18.9 Å². The second-order valence-corrected chi connectivity index (χ2v) is 8.06. The predicted octanol–water partition coefficient (Wildman–Crippen LogP) is 4.99. The van der Waals surface area contributed by atoms with Gasteiger partial charge in [0.05, 0.1) is 38.6 Å². The fourth-order valence-corrected chi connectivity index (χ4v) is 3.73. The molecule has 0 radical (unpaired) electrons. The summed E-state index contributed by atoms with van der Waals surface area (Å²) in [6, 6.07) is 0. The third kappa shape index (κ3) is 8.24. The maximum absolute atomic E-state index is 5.75. The van der Waals surface area contributed by atoms with E-state index in [9.17, 15) is 0 Å². The Kier molecular flexibility index (Phi) is 11.9. The Morgan fingerprint density at radius 3 is 1.31 bits per heavy atom. The second-order valence-electron chi connectivity index (χ2n) is 8.06. The van der Waals surface area contributed by atoms with E-state index in [2.05, 4.69) is 13.8 Å². The van der Waals surface area contributed by atoms with Gasteiger partial charge >= 0.3 is 0 Å². The van der Waals surface area contributed by atoms with Gasteiger partial charge in [-0.1, -0.05) is 52.4 Å². The summed E-state index contributed by atoms with van der Waals surface area (Å²) >= 11 is 0. The SMILES string of the molecule is CCC1COC1COCCCCCCCCCCOCC1OCC1CC. The van der Waals surface area contributed by atoms with Gasteiger partial charge in [-0.05, 0) is 25.7 Å². The van der Waals surface area contributed by atoms with Gasteiger partial charge in [0, 0.05) is 25.0 Å². The first-order chi connectivity index (χ1) is 12.8. The lowest BCUT2D eigenvalue weighted by molar-refractivity contribution is -0.147. The topological polar surface area (TPSA) is 36.9 Å². The van der Waals surface area contributed by atoms with E-state index >= 15 is 0 Å². The lowest BCUT2D eigenvalue weighted by atomic mass is 9.96. The molecule has 0 saturated carbocycles. The minimum atomic E-state index is 0.373. The molecule has 4 nitrogen and oxygen atoms in total. The van der Waals surface area contributed by atoms with Crippen LogP contribution in [0.25, 0.3) is 0 Å². The Balaban J connectivity index is 1.23. The van der Waals surface area contributed by atoms with Crippen molar-refractivity contribution in [2.45, 2.75) is 90.3 Å². The summed E-state index contributed by atoms with van der Waals surface area (Å²) in [6.45, 7) is 9.74. The molecule has 0 aromatic carbocycles. The second kappa shape index (κ2) is 13.9. The van der Waals surface area contributed by atoms with Crippen LogP contribution >= 0.6 is 0 Å². The van der Waals surface area contributed by atoms with Crippen LogP contribution in [-0.4, -0.2) is 51.8 Å². The normalized spacial score (nSPS) is 27.9. The molecule has 2 heterocycles. The van der Waals surface area contributed by atoms with Gasteiger partial charge < -0.3 is 18.9 Å². The molecule has 4 unspecified atom stereocenters. The van der Waals surface area contributed by atoms with Crippen molar-refractivity contribution in [2.75, 3.05) is 39.6 Å². The minimum absolute atomic E-state index is 0.373. The molecular weight excluding hydrogens is 328 g/mol. The smallest absolute Gasteiger partial charge is 0.0858 e. The van der Waals surface area contributed by atoms with Crippen LogP contribution in [0.3, 0.4) is 0 Å². The van der Waals surface area contributed by atoms with Crippen LogP contribution in [0.5, 0.6) is 0 Å². The van der Waals surface area contributed by atoms with Crippen LogP contribution < -0.4 is 0 Å². The van der Waals surface area contributed by atoms with Crippen molar-refractivity contribution in [2.24, 2.45) is 11.8 Å². The van der Waals surface area contributed by atoms with Crippen molar-refractivity contribution in [3.05, 3.63) is 0 Å². The van der Waals surface area contributed by atoms with Gasteiger partial charge in [-0.2, -0.15) is 0 Å². The van der Waals surface area contributed by atoms with Gasteiger partial charge in [0.25, 0.3) is 0 Å². The molecule has 0 aromatic rings. The Labute approximate surface area is 161 Å². The van der Waals surface area contributed by atoms with Gasteiger partial charge in [0.1, 0.15) is 0 Å². The highest BCUT2D eigenvalue weighted by atomic mass is 16.6. The highest BCUT2D eigenvalue weighted by Gasteiger charge is 2.30.